The first-order valence-corrected chi connectivity index (χ1v) is 13.1. The molecule has 4 heteroatoms. The first kappa shape index (κ1) is 23.7. The molecule has 0 unspecified atom stereocenters. The molecular weight excluding hydrogens is 388 g/mol. The number of ketones is 1. The molecule has 0 aromatic carbocycles. The van der Waals surface area contributed by atoms with Gasteiger partial charge in [0.25, 0.3) is 0 Å². The van der Waals surface area contributed by atoms with E-state index in [4.69, 9.17) is 0 Å². The van der Waals surface area contributed by atoms with Crippen molar-refractivity contribution in [3.63, 3.8) is 0 Å². The minimum Gasteiger partial charge on any atom is -0.393 e. The summed E-state index contributed by atoms with van der Waals surface area (Å²) in [5.41, 5.74) is -0.154. The molecule has 0 amide bonds. The SMILES string of the molecule is CC(C)CCC[C@@H](C)[C@H]1CC(=O)[C@H]2[C@@H]3[C@@H](O)[C@H](O)[C@H]4C[C@H](O)CC[C@]4(C)[C@H]3CC[C@]12C. The molecule has 4 nitrogen and oxygen atoms in total. The van der Waals surface area contributed by atoms with E-state index in [9.17, 15) is 20.1 Å². The first-order chi connectivity index (χ1) is 14.5. The van der Waals surface area contributed by atoms with Gasteiger partial charge in [-0.2, -0.15) is 0 Å². The lowest BCUT2D eigenvalue weighted by molar-refractivity contribution is -0.222. The van der Waals surface area contributed by atoms with Gasteiger partial charge in [0.2, 0.25) is 0 Å². The van der Waals surface area contributed by atoms with Crippen molar-refractivity contribution in [1.29, 1.82) is 0 Å². The average molecular weight is 435 g/mol. The minimum atomic E-state index is -0.850. The molecular formula is C27H46O4. The van der Waals surface area contributed by atoms with Gasteiger partial charge in [0, 0.05) is 18.3 Å². The third kappa shape index (κ3) is 3.73. The summed E-state index contributed by atoms with van der Waals surface area (Å²) in [5.74, 6) is 1.90. The molecule has 31 heavy (non-hydrogen) atoms. The van der Waals surface area contributed by atoms with Crippen LogP contribution in [-0.4, -0.2) is 39.4 Å². The van der Waals surface area contributed by atoms with Crippen LogP contribution >= 0.6 is 0 Å². The maximum absolute atomic E-state index is 13.5. The fraction of sp³-hybridized carbons (Fsp3) is 0.963. The van der Waals surface area contributed by atoms with Crippen LogP contribution in [0.5, 0.6) is 0 Å². The number of carbonyl (C=O) groups is 1. The largest absolute Gasteiger partial charge is 0.393 e. The van der Waals surface area contributed by atoms with Crippen molar-refractivity contribution in [2.24, 2.45) is 52.3 Å². The summed E-state index contributed by atoms with van der Waals surface area (Å²) in [6.07, 6.45) is 6.54. The highest BCUT2D eigenvalue weighted by Gasteiger charge is 2.67. The molecule has 0 aromatic rings. The number of carbonyl (C=O) groups excluding carboxylic acids is 1. The molecule has 0 aliphatic heterocycles. The predicted molar refractivity (Wildman–Crippen MR) is 122 cm³/mol. The fourth-order valence-electron chi connectivity index (χ4n) is 8.97. The maximum Gasteiger partial charge on any atom is 0.137 e. The molecule has 0 saturated heterocycles. The molecule has 0 aromatic heterocycles. The summed E-state index contributed by atoms with van der Waals surface area (Å²) in [7, 11) is 0. The molecule has 4 aliphatic rings. The topological polar surface area (TPSA) is 77.8 Å². The highest BCUT2D eigenvalue weighted by atomic mass is 16.3. The van der Waals surface area contributed by atoms with Gasteiger partial charge in [-0.3, -0.25) is 4.79 Å². The van der Waals surface area contributed by atoms with Gasteiger partial charge in [-0.05, 0) is 72.5 Å². The predicted octanol–water partition coefficient (Wildman–Crippen LogP) is 4.59. The lowest BCUT2D eigenvalue weighted by Gasteiger charge is -2.63. The van der Waals surface area contributed by atoms with E-state index in [1.807, 2.05) is 0 Å². The highest BCUT2D eigenvalue weighted by Crippen LogP contribution is 2.67. The van der Waals surface area contributed by atoms with Gasteiger partial charge in [0.05, 0.1) is 18.3 Å². The second kappa shape index (κ2) is 8.40. The summed E-state index contributed by atoms with van der Waals surface area (Å²) in [6, 6.07) is 0. The summed E-state index contributed by atoms with van der Waals surface area (Å²) >= 11 is 0. The molecule has 4 rings (SSSR count). The summed E-state index contributed by atoms with van der Waals surface area (Å²) in [6.45, 7) is 11.5. The van der Waals surface area contributed by atoms with Crippen LogP contribution in [0.1, 0.15) is 92.4 Å². The van der Waals surface area contributed by atoms with Crippen molar-refractivity contribution in [2.45, 2.75) is 111 Å². The van der Waals surface area contributed by atoms with Crippen LogP contribution in [-0.2, 0) is 4.79 Å². The van der Waals surface area contributed by atoms with E-state index in [-0.39, 0.29) is 40.6 Å². The van der Waals surface area contributed by atoms with Crippen molar-refractivity contribution < 1.29 is 20.1 Å². The van der Waals surface area contributed by atoms with E-state index >= 15 is 0 Å². The van der Waals surface area contributed by atoms with Crippen molar-refractivity contribution in [2.75, 3.05) is 0 Å². The molecule has 11 atom stereocenters. The first-order valence-electron chi connectivity index (χ1n) is 13.1. The van der Waals surface area contributed by atoms with Crippen LogP contribution < -0.4 is 0 Å². The molecule has 0 spiro atoms. The summed E-state index contributed by atoms with van der Waals surface area (Å²) in [4.78, 5) is 13.5. The minimum absolute atomic E-state index is 0.0619. The Labute approximate surface area is 189 Å². The Bertz CT molecular complexity index is 676. The zero-order chi connectivity index (χ0) is 22.7. The Morgan fingerprint density at radius 2 is 1.61 bits per heavy atom. The Hall–Kier alpha value is -0.450. The van der Waals surface area contributed by atoms with Crippen LogP contribution in [0.25, 0.3) is 0 Å². The standard InChI is InChI=1S/C27H46O4/c1-15(2)7-6-8-16(3)19-14-21(29)23-22-18(10-12-27(19,23)5)26(4)11-9-17(28)13-20(26)24(30)25(22)31/h15-20,22-25,28,30-31H,6-14H2,1-5H3/t16-,17-,18+,19-,20-,22-,23+,24-,25-,26-,27-/m1/s1. The summed E-state index contributed by atoms with van der Waals surface area (Å²) in [5, 5.41) is 32.7. The van der Waals surface area contributed by atoms with Crippen molar-refractivity contribution >= 4 is 5.78 Å². The molecule has 3 N–H and O–H groups in total. The molecule has 0 radical (unpaired) electrons. The third-order valence-corrected chi connectivity index (χ3v) is 10.7. The van der Waals surface area contributed by atoms with Gasteiger partial charge in [-0.15, -0.1) is 0 Å². The number of hydrogen-bond donors (Lipinski definition) is 3. The Balaban J connectivity index is 1.60. The van der Waals surface area contributed by atoms with Crippen LogP contribution in [0.15, 0.2) is 0 Å². The number of hydrogen-bond acceptors (Lipinski definition) is 4. The quantitative estimate of drug-likeness (QED) is 0.591. The zero-order valence-corrected chi connectivity index (χ0v) is 20.4. The van der Waals surface area contributed by atoms with Gasteiger partial charge < -0.3 is 15.3 Å². The van der Waals surface area contributed by atoms with Crippen molar-refractivity contribution in [3.8, 4) is 0 Å². The number of aliphatic hydroxyl groups is 3. The normalized spacial score (nSPS) is 50.7. The highest BCUT2D eigenvalue weighted by molar-refractivity contribution is 5.85. The van der Waals surface area contributed by atoms with Gasteiger partial charge in [-0.1, -0.05) is 53.9 Å². The van der Waals surface area contributed by atoms with Crippen LogP contribution in [0.2, 0.25) is 0 Å². The lowest BCUT2D eigenvalue weighted by Crippen LogP contribution is -2.64. The third-order valence-electron chi connectivity index (χ3n) is 10.7. The van der Waals surface area contributed by atoms with Crippen LogP contribution in [0.4, 0.5) is 0 Å². The smallest absolute Gasteiger partial charge is 0.137 e. The Kier molecular flexibility index (Phi) is 6.42. The molecule has 0 heterocycles. The van der Waals surface area contributed by atoms with Crippen molar-refractivity contribution in [3.05, 3.63) is 0 Å². The number of rotatable bonds is 5. The average Bonchev–Trinajstić information content (AvgIpc) is 2.98. The second-order valence-corrected chi connectivity index (χ2v) is 12.8. The second-order valence-electron chi connectivity index (χ2n) is 12.8. The fourth-order valence-corrected chi connectivity index (χ4v) is 8.97. The molecule has 4 fully saturated rings. The van der Waals surface area contributed by atoms with E-state index in [2.05, 4.69) is 34.6 Å². The van der Waals surface area contributed by atoms with E-state index in [0.717, 1.165) is 31.6 Å². The number of aliphatic hydroxyl groups excluding tert-OH is 3. The van der Waals surface area contributed by atoms with Crippen LogP contribution in [0.3, 0.4) is 0 Å². The molecule has 178 valence electrons. The maximum atomic E-state index is 13.5. The van der Waals surface area contributed by atoms with E-state index in [0.29, 0.717) is 30.5 Å². The Morgan fingerprint density at radius 1 is 0.935 bits per heavy atom. The van der Waals surface area contributed by atoms with Crippen LogP contribution in [0, 0.1) is 52.3 Å². The van der Waals surface area contributed by atoms with Gasteiger partial charge in [0.15, 0.2) is 0 Å². The molecule has 4 aliphatic carbocycles. The molecule has 4 saturated carbocycles. The van der Waals surface area contributed by atoms with E-state index in [1.54, 1.807) is 0 Å². The van der Waals surface area contributed by atoms with Gasteiger partial charge >= 0.3 is 0 Å². The Morgan fingerprint density at radius 3 is 2.29 bits per heavy atom. The van der Waals surface area contributed by atoms with E-state index in [1.165, 1.54) is 19.3 Å². The van der Waals surface area contributed by atoms with Gasteiger partial charge in [0.1, 0.15) is 5.78 Å². The number of Topliss-reactive ketones (excluding diaryl/α,β-unsaturated/α-hetero) is 1. The number of fused-ring (bicyclic) bond motifs is 5. The lowest BCUT2D eigenvalue weighted by atomic mass is 9.43. The van der Waals surface area contributed by atoms with Gasteiger partial charge in [-0.25, -0.2) is 0 Å². The monoisotopic (exact) mass is 434 g/mol. The molecule has 0 bridgehead atoms. The summed E-state index contributed by atoms with van der Waals surface area (Å²) < 4.78 is 0. The zero-order valence-electron chi connectivity index (χ0n) is 20.4. The van der Waals surface area contributed by atoms with E-state index < -0.39 is 12.2 Å². The van der Waals surface area contributed by atoms with Crippen molar-refractivity contribution in [1.82, 2.24) is 0 Å².